The average Bonchev–Trinajstić information content (AvgIpc) is 2.89. The summed E-state index contributed by atoms with van der Waals surface area (Å²) >= 11 is 0. The van der Waals surface area contributed by atoms with Crippen LogP contribution in [0.15, 0.2) is 16.7 Å². The molecule has 1 aliphatic rings. The molecule has 1 aromatic heterocycles. The van der Waals surface area contributed by atoms with Crippen LogP contribution in [0.25, 0.3) is 0 Å². The zero-order valence-electron chi connectivity index (χ0n) is 11.6. The Hall–Kier alpha value is -0.800. The normalized spacial score (nSPS) is 26.2. The number of hydrogen-bond acceptors (Lipinski definition) is 3. The zero-order valence-corrected chi connectivity index (χ0v) is 11.6. The Morgan fingerprint density at radius 1 is 1.33 bits per heavy atom. The van der Waals surface area contributed by atoms with Crippen LogP contribution >= 0.6 is 0 Å². The Bertz CT molecular complexity index is 353. The van der Waals surface area contributed by atoms with E-state index in [9.17, 15) is 0 Å². The lowest BCUT2D eigenvalue weighted by Gasteiger charge is -2.33. The molecule has 1 saturated carbocycles. The van der Waals surface area contributed by atoms with Crippen molar-refractivity contribution in [3.63, 3.8) is 0 Å². The number of aryl methyl sites for hydroxylation is 1. The fraction of sp³-hybridized carbons (Fsp3) is 0.733. The number of nitrogens with one attached hydrogen (secondary N) is 1. The van der Waals surface area contributed by atoms with Gasteiger partial charge in [0.2, 0.25) is 0 Å². The summed E-state index contributed by atoms with van der Waals surface area (Å²) in [5, 5.41) is 0. The van der Waals surface area contributed by atoms with E-state index in [-0.39, 0.29) is 6.04 Å². The van der Waals surface area contributed by atoms with Crippen LogP contribution in [0.2, 0.25) is 0 Å². The zero-order chi connectivity index (χ0) is 13.0. The molecule has 0 aromatic carbocycles. The molecule has 3 heteroatoms. The fourth-order valence-corrected chi connectivity index (χ4v) is 3.32. The van der Waals surface area contributed by atoms with Crippen LogP contribution in [0, 0.1) is 11.8 Å². The SMILES string of the molecule is CCc1occc1C(NN)C1CCC(CC)CC1. The molecule has 18 heavy (non-hydrogen) atoms. The molecule has 1 aromatic rings. The number of furan rings is 1. The van der Waals surface area contributed by atoms with Gasteiger partial charge in [0, 0.05) is 12.0 Å². The first-order valence-corrected chi connectivity index (χ1v) is 7.32. The first kappa shape index (κ1) is 13.6. The van der Waals surface area contributed by atoms with Crippen LogP contribution in [0.4, 0.5) is 0 Å². The Labute approximate surface area is 110 Å². The number of nitrogens with two attached hydrogens (primary N) is 1. The monoisotopic (exact) mass is 250 g/mol. The standard InChI is InChI=1S/C15H26N2O/c1-3-11-5-7-12(8-6-11)15(17-16)13-9-10-18-14(13)4-2/h9-12,15,17H,3-8,16H2,1-2H3. The second-order valence-electron chi connectivity index (χ2n) is 5.49. The van der Waals surface area contributed by atoms with Gasteiger partial charge in [-0.25, -0.2) is 0 Å². The highest BCUT2D eigenvalue weighted by molar-refractivity contribution is 5.22. The van der Waals surface area contributed by atoms with Gasteiger partial charge in [0.15, 0.2) is 0 Å². The molecule has 0 bridgehead atoms. The third-order valence-corrected chi connectivity index (χ3v) is 4.56. The number of rotatable bonds is 5. The molecule has 1 heterocycles. The van der Waals surface area contributed by atoms with E-state index in [2.05, 4.69) is 25.3 Å². The van der Waals surface area contributed by atoms with Crippen molar-refractivity contribution >= 4 is 0 Å². The minimum atomic E-state index is 0.261. The van der Waals surface area contributed by atoms with Crippen molar-refractivity contribution in [1.29, 1.82) is 0 Å². The van der Waals surface area contributed by atoms with Gasteiger partial charge >= 0.3 is 0 Å². The Morgan fingerprint density at radius 2 is 2.06 bits per heavy atom. The summed E-state index contributed by atoms with van der Waals surface area (Å²) in [6, 6.07) is 2.34. The third-order valence-electron chi connectivity index (χ3n) is 4.56. The molecule has 0 radical (unpaired) electrons. The molecular weight excluding hydrogens is 224 g/mol. The van der Waals surface area contributed by atoms with E-state index >= 15 is 0 Å². The van der Waals surface area contributed by atoms with Gasteiger partial charge in [-0.05, 0) is 30.7 Å². The minimum absolute atomic E-state index is 0.261. The van der Waals surface area contributed by atoms with Gasteiger partial charge in [0.05, 0.1) is 12.3 Å². The first-order valence-electron chi connectivity index (χ1n) is 7.32. The number of hydrazine groups is 1. The smallest absolute Gasteiger partial charge is 0.108 e. The van der Waals surface area contributed by atoms with E-state index < -0.39 is 0 Å². The maximum atomic E-state index is 5.79. The van der Waals surface area contributed by atoms with Gasteiger partial charge in [-0.2, -0.15) is 0 Å². The Kier molecular flexibility index (Phi) is 4.84. The summed E-state index contributed by atoms with van der Waals surface area (Å²) in [5.41, 5.74) is 4.29. The lowest BCUT2D eigenvalue weighted by atomic mass is 9.76. The van der Waals surface area contributed by atoms with Gasteiger partial charge in [-0.1, -0.05) is 33.1 Å². The minimum Gasteiger partial charge on any atom is -0.469 e. The highest BCUT2D eigenvalue weighted by Gasteiger charge is 2.29. The number of hydrogen-bond donors (Lipinski definition) is 2. The van der Waals surface area contributed by atoms with Crippen molar-refractivity contribution < 1.29 is 4.42 Å². The highest BCUT2D eigenvalue weighted by atomic mass is 16.3. The molecule has 0 spiro atoms. The molecule has 1 fully saturated rings. The molecule has 2 rings (SSSR count). The lowest BCUT2D eigenvalue weighted by molar-refractivity contribution is 0.218. The molecule has 3 N–H and O–H groups in total. The Morgan fingerprint density at radius 3 is 2.61 bits per heavy atom. The topological polar surface area (TPSA) is 51.2 Å². The summed E-state index contributed by atoms with van der Waals surface area (Å²) in [5.74, 6) is 8.45. The molecule has 1 unspecified atom stereocenters. The van der Waals surface area contributed by atoms with Crippen molar-refractivity contribution in [3.8, 4) is 0 Å². The van der Waals surface area contributed by atoms with Crippen LogP contribution < -0.4 is 11.3 Å². The van der Waals surface area contributed by atoms with Crippen molar-refractivity contribution in [3.05, 3.63) is 23.7 Å². The predicted octanol–water partition coefficient (Wildman–Crippen LogP) is 3.56. The predicted molar refractivity (Wildman–Crippen MR) is 73.9 cm³/mol. The second kappa shape index (κ2) is 6.39. The summed E-state index contributed by atoms with van der Waals surface area (Å²) in [6.45, 7) is 4.43. The van der Waals surface area contributed by atoms with Crippen molar-refractivity contribution in [2.45, 2.75) is 58.4 Å². The second-order valence-corrected chi connectivity index (χ2v) is 5.49. The van der Waals surface area contributed by atoms with E-state index in [0.717, 1.165) is 18.1 Å². The van der Waals surface area contributed by atoms with Gasteiger partial charge in [0.25, 0.3) is 0 Å². The molecule has 1 atom stereocenters. The van der Waals surface area contributed by atoms with Crippen molar-refractivity contribution in [2.24, 2.45) is 17.7 Å². The van der Waals surface area contributed by atoms with Crippen LogP contribution in [0.1, 0.15) is 63.3 Å². The molecule has 0 aliphatic heterocycles. The van der Waals surface area contributed by atoms with Crippen LogP contribution in [0.5, 0.6) is 0 Å². The van der Waals surface area contributed by atoms with E-state index in [4.69, 9.17) is 10.3 Å². The van der Waals surface area contributed by atoms with Crippen molar-refractivity contribution in [2.75, 3.05) is 0 Å². The van der Waals surface area contributed by atoms with E-state index in [1.165, 1.54) is 37.7 Å². The van der Waals surface area contributed by atoms with Crippen LogP contribution in [0.3, 0.4) is 0 Å². The molecule has 3 nitrogen and oxygen atoms in total. The van der Waals surface area contributed by atoms with Crippen LogP contribution in [-0.4, -0.2) is 0 Å². The van der Waals surface area contributed by atoms with Gasteiger partial charge < -0.3 is 4.42 Å². The maximum Gasteiger partial charge on any atom is 0.108 e. The molecule has 102 valence electrons. The Balaban J connectivity index is 2.05. The van der Waals surface area contributed by atoms with Gasteiger partial charge in [-0.3, -0.25) is 11.3 Å². The quantitative estimate of drug-likeness (QED) is 0.620. The largest absolute Gasteiger partial charge is 0.469 e. The summed E-state index contributed by atoms with van der Waals surface area (Å²) in [7, 11) is 0. The maximum absolute atomic E-state index is 5.79. The summed E-state index contributed by atoms with van der Waals surface area (Å²) < 4.78 is 5.53. The highest BCUT2D eigenvalue weighted by Crippen LogP contribution is 2.38. The van der Waals surface area contributed by atoms with E-state index in [1.807, 2.05) is 0 Å². The molecule has 1 aliphatic carbocycles. The fourth-order valence-electron chi connectivity index (χ4n) is 3.32. The summed E-state index contributed by atoms with van der Waals surface area (Å²) in [6.07, 6.45) is 9.29. The average molecular weight is 250 g/mol. The van der Waals surface area contributed by atoms with Crippen molar-refractivity contribution in [1.82, 2.24) is 5.43 Å². The molecule has 0 amide bonds. The lowest BCUT2D eigenvalue weighted by Crippen LogP contribution is -2.35. The van der Waals surface area contributed by atoms with Gasteiger partial charge in [0.1, 0.15) is 5.76 Å². The first-order chi connectivity index (χ1) is 8.80. The molecule has 0 saturated heterocycles. The van der Waals surface area contributed by atoms with Gasteiger partial charge in [-0.15, -0.1) is 0 Å². The van der Waals surface area contributed by atoms with E-state index in [0.29, 0.717) is 5.92 Å². The summed E-state index contributed by atoms with van der Waals surface area (Å²) in [4.78, 5) is 0. The van der Waals surface area contributed by atoms with E-state index in [1.54, 1.807) is 6.26 Å². The third kappa shape index (κ3) is 2.78. The van der Waals surface area contributed by atoms with Crippen LogP contribution in [-0.2, 0) is 6.42 Å². The molecular formula is C15H26N2O.